The van der Waals surface area contributed by atoms with E-state index in [1.54, 1.807) is 0 Å². The zero-order chi connectivity index (χ0) is 11.3. The lowest BCUT2D eigenvalue weighted by atomic mass is 9.99. The van der Waals surface area contributed by atoms with Gasteiger partial charge in [-0.1, -0.05) is 20.8 Å². The number of hydrogen-bond donors (Lipinski definition) is 1. The highest BCUT2D eigenvalue weighted by Gasteiger charge is 2.24. The van der Waals surface area contributed by atoms with E-state index < -0.39 is 0 Å². The maximum absolute atomic E-state index is 6.16. The Kier molecular flexibility index (Phi) is 5.58. The van der Waals surface area contributed by atoms with Gasteiger partial charge < -0.3 is 10.5 Å². The van der Waals surface area contributed by atoms with Crippen molar-refractivity contribution in [1.82, 2.24) is 4.90 Å². The fourth-order valence-electron chi connectivity index (χ4n) is 1.99. The van der Waals surface area contributed by atoms with Crippen molar-refractivity contribution < 1.29 is 4.74 Å². The molecule has 0 bridgehead atoms. The average Bonchev–Trinajstić information content (AvgIpc) is 2.26. The van der Waals surface area contributed by atoms with Gasteiger partial charge in [-0.3, -0.25) is 4.90 Å². The molecule has 3 nitrogen and oxygen atoms in total. The third-order valence-electron chi connectivity index (χ3n) is 3.18. The van der Waals surface area contributed by atoms with Crippen LogP contribution in [0.2, 0.25) is 0 Å². The summed E-state index contributed by atoms with van der Waals surface area (Å²) in [6, 6.07) is 0.210. The van der Waals surface area contributed by atoms with Crippen molar-refractivity contribution in [1.29, 1.82) is 0 Å². The molecule has 90 valence electrons. The van der Waals surface area contributed by atoms with Gasteiger partial charge in [0.25, 0.3) is 0 Å². The van der Waals surface area contributed by atoms with Crippen LogP contribution in [0.1, 0.15) is 33.6 Å². The van der Waals surface area contributed by atoms with Crippen LogP contribution in [0.3, 0.4) is 0 Å². The van der Waals surface area contributed by atoms with Crippen molar-refractivity contribution in [2.75, 3.05) is 26.2 Å². The number of rotatable bonds is 5. The standard InChI is InChI=1S/C12H26N2O/c1-4-14-7-8-15-12(9-14)11(13)6-5-10(2)3/h10-12H,4-9,13H2,1-3H3. The van der Waals surface area contributed by atoms with Crippen LogP contribution in [0.25, 0.3) is 0 Å². The molecule has 2 unspecified atom stereocenters. The molecule has 0 amide bonds. The summed E-state index contributed by atoms with van der Waals surface area (Å²) in [5.74, 6) is 0.738. The van der Waals surface area contributed by atoms with E-state index in [2.05, 4.69) is 25.7 Å². The Bertz CT molecular complexity index is 173. The molecule has 1 rings (SSSR count). The van der Waals surface area contributed by atoms with E-state index in [0.717, 1.165) is 38.6 Å². The van der Waals surface area contributed by atoms with E-state index >= 15 is 0 Å². The maximum atomic E-state index is 6.16. The normalized spacial score (nSPS) is 25.8. The minimum Gasteiger partial charge on any atom is -0.374 e. The Morgan fingerprint density at radius 2 is 2.13 bits per heavy atom. The Morgan fingerprint density at radius 3 is 2.73 bits per heavy atom. The molecular weight excluding hydrogens is 188 g/mol. The summed E-state index contributed by atoms with van der Waals surface area (Å²) < 4.78 is 5.74. The topological polar surface area (TPSA) is 38.5 Å². The van der Waals surface area contributed by atoms with E-state index in [9.17, 15) is 0 Å². The minimum atomic E-state index is 0.210. The van der Waals surface area contributed by atoms with Gasteiger partial charge in [0, 0.05) is 19.1 Å². The highest BCUT2D eigenvalue weighted by molar-refractivity contribution is 4.80. The van der Waals surface area contributed by atoms with Crippen molar-refractivity contribution in [3.63, 3.8) is 0 Å². The molecule has 2 N–H and O–H groups in total. The molecular formula is C12H26N2O. The number of hydrogen-bond acceptors (Lipinski definition) is 3. The van der Waals surface area contributed by atoms with E-state index in [0.29, 0.717) is 0 Å². The van der Waals surface area contributed by atoms with Gasteiger partial charge in [-0.05, 0) is 25.3 Å². The van der Waals surface area contributed by atoms with E-state index in [4.69, 9.17) is 10.5 Å². The molecule has 1 fully saturated rings. The van der Waals surface area contributed by atoms with Crippen molar-refractivity contribution in [3.8, 4) is 0 Å². The fraction of sp³-hybridized carbons (Fsp3) is 1.00. The molecule has 1 saturated heterocycles. The molecule has 0 aromatic carbocycles. The summed E-state index contributed by atoms with van der Waals surface area (Å²) in [4.78, 5) is 2.42. The lowest BCUT2D eigenvalue weighted by molar-refractivity contribution is -0.0403. The fourth-order valence-corrected chi connectivity index (χ4v) is 1.99. The Balaban J connectivity index is 2.28. The van der Waals surface area contributed by atoms with Crippen molar-refractivity contribution in [2.24, 2.45) is 11.7 Å². The van der Waals surface area contributed by atoms with Crippen LogP contribution in [0.4, 0.5) is 0 Å². The summed E-state index contributed by atoms with van der Waals surface area (Å²) in [5, 5.41) is 0. The minimum absolute atomic E-state index is 0.210. The van der Waals surface area contributed by atoms with Crippen molar-refractivity contribution in [2.45, 2.75) is 45.8 Å². The van der Waals surface area contributed by atoms with Crippen molar-refractivity contribution in [3.05, 3.63) is 0 Å². The molecule has 0 saturated carbocycles. The summed E-state index contributed by atoms with van der Waals surface area (Å²) in [7, 11) is 0. The third kappa shape index (κ3) is 4.49. The van der Waals surface area contributed by atoms with Crippen molar-refractivity contribution >= 4 is 0 Å². The zero-order valence-corrected chi connectivity index (χ0v) is 10.4. The van der Waals surface area contributed by atoms with E-state index in [1.165, 1.54) is 6.42 Å². The second kappa shape index (κ2) is 6.46. The summed E-state index contributed by atoms with van der Waals surface area (Å²) in [6.07, 6.45) is 2.53. The van der Waals surface area contributed by atoms with Gasteiger partial charge in [0.1, 0.15) is 0 Å². The Hall–Kier alpha value is -0.120. The van der Waals surface area contributed by atoms with Crippen LogP contribution >= 0.6 is 0 Å². The number of nitrogens with two attached hydrogens (primary N) is 1. The van der Waals surface area contributed by atoms with Gasteiger partial charge in [0.15, 0.2) is 0 Å². The Morgan fingerprint density at radius 1 is 1.40 bits per heavy atom. The largest absolute Gasteiger partial charge is 0.374 e. The van der Waals surface area contributed by atoms with Gasteiger partial charge in [0.2, 0.25) is 0 Å². The predicted octanol–water partition coefficient (Wildman–Crippen LogP) is 1.47. The lowest BCUT2D eigenvalue weighted by Crippen LogP contribution is -2.50. The summed E-state index contributed by atoms with van der Waals surface area (Å²) >= 11 is 0. The van der Waals surface area contributed by atoms with E-state index in [1.807, 2.05) is 0 Å². The molecule has 0 aliphatic carbocycles. The van der Waals surface area contributed by atoms with Crippen LogP contribution in [-0.2, 0) is 4.74 Å². The van der Waals surface area contributed by atoms with Crippen LogP contribution in [0.15, 0.2) is 0 Å². The quantitative estimate of drug-likeness (QED) is 0.753. The number of nitrogens with zero attached hydrogens (tertiary/aromatic N) is 1. The molecule has 0 aromatic rings. The molecule has 0 aromatic heterocycles. The molecule has 1 heterocycles. The highest BCUT2D eigenvalue weighted by Crippen LogP contribution is 2.13. The molecule has 0 radical (unpaired) electrons. The van der Waals surface area contributed by atoms with E-state index in [-0.39, 0.29) is 12.1 Å². The average molecular weight is 214 g/mol. The number of ether oxygens (including phenoxy) is 1. The van der Waals surface area contributed by atoms with Gasteiger partial charge in [0.05, 0.1) is 12.7 Å². The van der Waals surface area contributed by atoms with Gasteiger partial charge in [-0.15, -0.1) is 0 Å². The first-order valence-electron chi connectivity index (χ1n) is 6.23. The van der Waals surface area contributed by atoms with Crippen LogP contribution in [0, 0.1) is 5.92 Å². The molecule has 0 spiro atoms. The first kappa shape index (κ1) is 12.9. The monoisotopic (exact) mass is 214 g/mol. The van der Waals surface area contributed by atoms with Crippen LogP contribution in [-0.4, -0.2) is 43.3 Å². The Labute approximate surface area is 94.0 Å². The van der Waals surface area contributed by atoms with Crippen LogP contribution in [0.5, 0.6) is 0 Å². The number of morpholine rings is 1. The lowest BCUT2D eigenvalue weighted by Gasteiger charge is -2.35. The molecule has 3 heteroatoms. The first-order chi connectivity index (χ1) is 7.13. The number of likely N-dealkylation sites (N-methyl/N-ethyl adjacent to an activating group) is 1. The predicted molar refractivity (Wildman–Crippen MR) is 63.9 cm³/mol. The van der Waals surface area contributed by atoms with Crippen LogP contribution < -0.4 is 5.73 Å². The summed E-state index contributed by atoms with van der Waals surface area (Å²) in [6.45, 7) is 10.7. The molecule has 1 aliphatic heterocycles. The maximum Gasteiger partial charge on any atom is 0.0853 e. The smallest absolute Gasteiger partial charge is 0.0853 e. The second-order valence-corrected chi connectivity index (χ2v) is 4.94. The summed E-state index contributed by atoms with van der Waals surface area (Å²) in [5.41, 5.74) is 6.16. The molecule has 15 heavy (non-hydrogen) atoms. The van der Waals surface area contributed by atoms with Gasteiger partial charge >= 0.3 is 0 Å². The molecule has 1 aliphatic rings. The third-order valence-corrected chi connectivity index (χ3v) is 3.18. The SMILES string of the molecule is CCN1CCOC(C(N)CCC(C)C)C1. The first-order valence-corrected chi connectivity index (χ1v) is 6.23. The van der Waals surface area contributed by atoms with Gasteiger partial charge in [-0.2, -0.15) is 0 Å². The second-order valence-electron chi connectivity index (χ2n) is 4.94. The zero-order valence-electron chi connectivity index (χ0n) is 10.4. The molecule has 2 atom stereocenters. The van der Waals surface area contributed by atoms with Gasteiger partial charge in [-0.25, -0.2) is 0 Å². The highest BCUT2D eigenvalue weighted by atomic mass is 16.5.